The maximum atomic E-state index is 10.8. The molecular formula is C9H10N2OS. The molecule has 0 aliphatic rings. The lowest BCUT2D eigenvalue weighted by atomic mass is 10.2. The molecule has 0 fully saturated rings. The molecule has 68 valence electrons. The Morgan fingerprint density at radius 2 is 2.38 bits per heavy atom. The van der Waals surface area contributed by atoms with Crippen LogP contribution in [0, 0.1) is 0 Å². The molecule has 0 aliphatic carbocycles. The van der Waals surface area contributed by atoms with Crippen molar-refractivity contribution in [3.8, 4) is 0 Å². The average Bonchev–Trinajstić information content (AvgIpc) is 2.15. The first kappa shape index (κ1) is 9.80. The molecule has 1 amide bonds. The van der Waals surface area contributed by atoms with E-state index in [2.05, 4.69) is 17.6 Å². The quantitative estimate of drug-likeness (QED) is 0.708. The summed E-state index contributed by atoms with van der Waals surface area (Å²) in [5.74, 6) is 0.189. The number of nitrogens with zero attached hydrogens (tertiary/aromatic N) is 1. The third kappa shape index (κ3) is 2.91. The van der Waals surface area contributed by atoms with Crippen molar-refractivity contribution in [2.75, 3.05) is 5.75 Å². The summed E-state index contributed by atoms with van der Waals surface area (Å²) in [6.45, 7) is 0. The molecular weight excluding hydrogens is 184 g/mol. The Kier molecular flexibility index (Phi) is 3.52. The number of nitrogens with two attached hydrogens (primary N) is 1. The van der Waals surface area contributed by atoms with E-state index in [-0.39, 0.29) is 0 Å². The van der Waals surface area contributed by atoms with Crippen LogP contribution in [0.2, 0.25) is 0 Å². The second-order valence-electron chi connectivity index (χ2n) is 2.46. The maximum absolute atomic E-state index is 10.8. The van der Waals surface area contributed by atoms with Crippen LogP contribution >= 0.6 is 12.6 Å². The Morgan fingerprint density at radius 3 is 3.00 bits per heavy atom. The van der Waals surface area contributed by atoms with E-state index < -0.39 is 5.91 Å². The highest BCUT2D eigenvalue weighted by molar-refractivity contribution is 7.80. The number of primary amides is 1. The summed E-state index contributed by atoms with van der Waals surface area (Å²) in [4.78, 5) is 14.7. The van der Waals surface area contributed by atoms with Gasteiger partial charge in [0.05, 0.1) is 5.56 Å². The molecule has 1 rings (SSSR count). The van der Waals surface area contributed by atoms with Gasteiger partial charge in [-0.2, -0.15) is 12.6 Å². The third-order valence-corrected chi connectivity index (χ3v) is 1.67. The molecule has 0 bridgehead atoms. The van der Waals surface area contributed by atoms with Gasteiger partial charge >= 0.3 is 0 Å². The van der Waals surface area contributed by atoms with Gasteiger partial charge in [-0.15, -0.1) is 0 Å². The van der Waals surface area contributed by atoms with Crippen LogP contribution < -0.4 is 5.73 Å². The largest absolute Gasteiger partial charge is 0.366 e. The Balaban J connectivity index is 2.92. The third-order valence-electron chi connectivity index (χ3n) is 1.46. The number of amides is 1. The zero-order valence-electron chi connectivity index (χ0n) is 6.97. The maximum Gasteiger partial charge on any atom is 0.250 e. The minimum Gasteiger partial charge on any atom is -0.366 e. The standard InChI is InChI=1S/C9H10N2OS/c10-9(12)8-4-7(2-1-3-13)5-11-6-8/h1-2,4-6,13H,3H2,(H2,10,12). The van der Waals surface area contributed by atoms with E-state index in [4.69, 9.17) is 5.73 Å². The number of pyridine rings is 1. The molecule has 3 nitrogen and oxygen atoms in total. The number of aromatic nitrogens is 1. The zero-order valence-corrected chi connectivity index (χ0v) is 7.87. The second-order valence-corrected chi connectivity index (χ2v) is 2.82. The molecule has 0 radical (unpaired) electrons. The molecule has 1 aromatic rings. The summed E-state index contributed by atoms with van der Waals surface area (Å²) in [7, 11) is 0. The highest BCUT2D eigenvalue weighted by Crippen LogP contribution is 2.04. The van der Waals surface area contributed by atoms with Crippen LogP contribution in [-0.4, -0.2) is 16.6 Å². The van der Waals surface area contributed by atoms with Gasteiger partial charge in [0.1, 0.15) is 0 Å². The van der Waals surface area contributed by atoms with Gasteiger partial charge in [0, 0.05) is 18.1 Å². The summed E-state index contributed by atoms with van der Waals surface area (Å²) in [5, 5.41) is 0. The van der Waals surface area contributed by atoms with Crippen molar-refractivity contribution in [3.05, 3.63) is 35.7 Å². The van der Waals surface area contributed by atoms with Gasteiger partial charge in [0.15, 0.2) is 0 Å². The Morgan fingerprint density at radius 1 is 1.62 bits per heavy atom. The van der Waals surface area contributed by atoms with Gasteiger partial charge in [-0.3, -0.25) is 9.78 Å². The SMILES string of the molecule is NC(=O)c1cncc(C=CCS)c1. The van der Waals surface area contributed by atoms with E-state index in [0.717, 1.165) is 5.56 Å². The Bertz CT molecular complexity index is 336. The summed E-state index contributed by atoms with van der Waals surface area (Å²) in [6.07, 6.45) is 6.81. The molecule has 2 N–H and O–H groups in total. The van der Waals surface area contributed by atoms with Gasteiger partial charge in [0.25, 0.3) is 0 Å². The normalized spacial score (nSPS) is 10.5. The molecule has 0 saturated carbocycles. The second kappa shape index (κ2) is 4.67. The highest BCUT2D eigenvalue weighted by atomic mass is 32.1. The van der Waals surface area contributed by atoms with Crippen LogP contribution in [0.25, 0.3) is 6.08 Å². The molecule has 0 unspecified atom stereocenters. The van der Waals surface area contributed by atoms with Crippen LogP contribution in [0.1, 0.15) is 15.9 Å². The number of carbonyl (C=O) groups excluding carboxylic acids is 1. The fourth-order valence-corrected chi connectivity index (χ4v) is 0.978. The van der Waals surface area contributed by atoms with Gasteiger partial charge in [0.2, 0.25) is 5.91 Å². The lowest BCUT2D eigenvalue weighted by Crippen LogP contribution is -2.11. The van der Waals surface area contributed by atoms with Crippen LogP contribution in [0.3, 0.4) is 0 Å². The van der Waals surface area contributed by atoms with Crippen LogP contribution in [0.15, 0.2) is 24.5 Å². The molecule has 0 saturated heterocycles. The fraction of sp³-hybridized carbons (Fsp3) is 0.111. The first-order chi connectivity index (χ1) is 6.24. The summed E-state index contributed by atoms with van der Waals surface area (Å²) in [6, 6.07) is 1.69. The minimum atomic E-state index is -0.464. The molecule has 0 aromatic carbocycles. The van der Waals surface area contributed by atoms with Crippen molar-refractivity contribution in [1.82, 2.24) is 4.98 Å². The van der Waals surface area contributed by atoms with Crippen molar-refractivity contribution < 1.29 is 4.79 Å². The van der Waals surface area contributed by atoms with Crippen LogP contribution in [0.5, 0.6) is 0 Å². The van der Waals surface area contributed by atoms with Gasteiger partial charge in [-0.25, -0.2) is 0 Å². The molecule has 13 heavy (non-hydrogen) atoms. The number of rotatable bonds is 3. The van der Waals surface area contributed by atoms with E-state index in [0.29, 0.717) is 11.3 Å². The average molecular weight is 194 g/mol. The Labute approximate surface area is 82.1 Å². The van der Waals surface area contributed by atoms with E-state index in [1.54, 1.807) is 12.3 Å². The predicted molar refractivity (Wildman–Crippen MR) is 55.6 cm³/mol. The summed E-state index contributed by atoms with van der Waals surface area (Å²) >= 11 is 4.02. The van der Waals surface area contributed by atoms with Crippen molar-refractivity contribution in [3.63, 3.8) is 0 Å². The topological polar surface area (TPSA) is 56.0 Å². The molecule has 0 aliphatic heterocycles. The predicted octanol–water partition coefficient (Wildman–Crippen LogP) is 1.12. The van der Waals surface area contributed by atoms with E-state index in [1.165, 1.54) is 6.20 Å². The van der Waals surface area contributed by atoms with E-state index in [1.807, 2.05) is 12.2 Å². The molecule has 0 atom stereocenters. The van der Waals surface area contributed by atoms with Crippen molar-refractivity contribution in [2.45, 2.75) is 0 Å². The highest BCUT2D eigenvalue weighted by Gasteiger charge is 1.99. The Hall–Kier alpha value is -1.29. The van der Waals surface area contributed by atoms with Gasteiger partial charge in [-0.1, -0.05) is 12.2 Å². The summed E-state index contributed by atoms with van der Waals surface area (Å²) < 4.78 is 0. The van der Waals surface area contributed by atoms with Crippen molar-refractivity contribution >= 4 is 24.6 Å². The zero-order chi connectivity index (χ0) is 9.68. The van der Waals surface area contributed by atoms with Gasteiger partial charge in [-0.05, 0) is 11.6 Å². The lowest BCUT2D eigenvalue weighted by Gasteiger charge is -1.95. The minimum absolute atomic E-state index is 0.418. The monoisotopic (exact) mass is 194 g/mol. The number of hydrogen-bond donors (Lipinski definition) is 2. The molecule has 1 aromatic heterocycles. The van der Waals surface area contributed by atoms with Gasteiger partial charge < -0.3 is 5.73 Å². The van der Waals surface area contributed by atoms with Crippen molar-refractivity contribution in [2.24, 2.45) is 5.73 Å². The van der Waals surface area contributed by atoms with Crippen molar-refractivity contribution in [1.29, 1.82) is 0 Å². The number of thiol groups is 1. The van der Waals surface area contributed by atoms with E-state index >= 15 is 0 Å². The molecule has 4 heteroatoms. The smallest absolute Gasteiger partial charge is 0.250 e. The lowest BCUT2D eigenvalue weighted by molar-refractivity contribution is 0.1000. The number of carbonyl (C=O) groups is 1. The fourth-order valence-electron chi connectivity index (χ4n) is 0.872. The van der Waals surface area contributed by atoms with Crippen LogP contribution in [0.4, 0.5) is 0 Å². The number of hydrogen-bond acceptors (Lipinski definition) is 3. The van der Waals surface area contributed by atoms with E-state index in [9.17, 15) is 4.79 Å². The molecule has 0 spiro atoms. The summed E-state index contributed by atoms with van der Waals surface area (Å²) in [5.41, 5.74) is 6.36. The molecule has 1 heterocycles. The first-order valence-corrected chi connectivity index (χ1v) is 4.39. The van der Waals surface area contributed by atoms with Crippen LogP contribution in [-0.2, 0) is 0 Å². The first-order valence-electron chi connectivity index (χ1n) is 3.76.